The average Bonchev–Trinajstić information content (AvgIpc) is 2.34. The maximum absolute atomic E-state index is 11.5. The monoisotopic (exact) mass is 239 g/mol. The molecule has 3 N–H and O–H groups in total. The van der Waals surface area contributed by atoms with E-state index >= 15 is 0 Å². The van der Waals surface area contributed by atoms with Crippen LogP contribution in [-0.4, -0.2) is 31.0 Å². The molecule has 1 rings (SSSR count). The first-order valence-electron chi connectivity index (χ1n) is 4.91. The van der Waals surface area contributed by atoms with Crippen molar-refractivity contribution in [3.63, 3.8) is 0 Å². The Hall–Kier alpha value is -2.15. The van der Waals surface area contributed by atoms with Gasteiger partial charge in [0.25, 0.3) is 5.91 Å². The van der Waals surface area contributed by atoms with Crippen LogP contribution in [0.4, 0.5) is 5.69 Å². The minimum absolute atomic E-state index is 0.116. The number of hydrogen-bond donors (Lipinski definition) is 2. The van der Waals surface area contributed by atoms with Crippen molar-refractivity contribution in [2.75, 3.05) is 20.2 Å². The third-order valence-electron chi connectivity index (χ3n) is 2.07. The zero-order valence-electron chi connectivity index (χ0n) is 9.30. The van der Waals surface area contributed by atoms with E-state index < -0.39 is 10.8 Å². The third kappa shape index (κ3) is 3.15. The van der Waals surface area contributed by atoms with Crippen LogP contribution in [0.3, 0.4) is 0 Å². The molecule has 0 aromatic heterocycles. The standard InChI is InChI=1S/C10H13N3O4/c1-17-9-3-2-7(6-8(9)13(15)16)10(14)12-5-4-11/h2-3,6H,4-5,11H2,1H3,(H,12,14). The maximum Gasteiger partial charge on any atom is 0.311 e. The van der Waals surface area contributed by atoms with Crippen LogP contribution >= 0.6 is 0 Å². The predicted molar refractivity (Wildman–Crippen MR) is 61.0 cm³/mol. The highest BCUT2D eigenvalue weighted by Crippen LogP contribution is 2.27. The predicted octanol–water partition coefficient (Wildman–Crippen LogP) is 0.292. The summed E-state index contributed by atoms with van der Waals surface area (Å²) in [6, 6.07) is 4.01. The Bertz CT molecular complexity index is 434. The first kappa shape index (κ1) is 12.9. The molecule has 7 nitrogen and oxygen atoms in total. The number of hydrogen-bond acceptors (Lipinski definition) is 5. The summed E-state index contributed by atoms with van der Waals surface area (Å²) in [4.78, 5) is 21.7. The minimum atomic E-state index is -0.599. The quantitative estimate of drug-likeness (QED) is 0.567. The van der Waals surface area contributed by atoms with Crippen molar-refractivity contribution in [1.29, 1.82) is 0 Å². The van der Waals surface area contributed by atoms with Gasteiger partial charge < -0.3 is 15.8 Å². The van der Waals surface area contributed by atoms with Crippen molar-refractivity contribution in [2.45, 2.75) is 0 Å². The van der Waals surface area contributed by atoms with E-state index in [0.29, 0.717) is 13.1 Å². The number of carbonyl (C=O) groups excluding carboxylic acids is 1. The molecule has 1 aromatic carbocycles. The Morgan fingerprint density at radius 3 is 2.82 bits per heavy atom. The van der Waals surface area contributed by atoms with E-state index in [1.165, 1.54) is 25.3 Å². The van der Waals surface area contributed by atoms with Crippen LogP contribution in [0.5, 0.6) is 5.75 Å². The van der Waals surface area contributed by atoms with Gasteiger partial charge >= 0.3 is 5.69 Å². The molecule has 17 heavy (non-hydrogen) atoms. The minimum Gasteiger partial charge on any atom is -0.490 e. The van der Waals surface area contributed by atoms with E-state index in [9.17, 15) is 14.9 Å². The molecule has 0 heterocycles. The van der Waals surface area contributed by atoms with Gasteiger partial charge in [0.15, 0.2) is 5.75 Å². The maximum atomic E-state index is 11.5. The van der Waals surface area contributed by atoms with Gasteiger partial charge in [-0.15, -0.1) is 0 Å². The highest BCUT2D eigenvalue weighted by atomic mass is 16.6. The number of amides is 1. The van der Waals surface area contributed by atoms with Crippen molar-refractivity contribution >= 4 is 11.6 Å². The second-order valence-electron chi connectivity index (χ2n) is 3.19. The fourth-order valence-electron chi connectivity index (χ4n) is 1.26. The highest BCUT2D eigenvalue weighted by molar-refractivity contribution is 5.95. The van der Waals surface area contributed by atoms with Crippen LogP contribution in [0.15, 0.2) is 18.2 Å². The van der Waals surface area contributed by atoms with Gasteiger partial charge in [-0.05, 0) is 12.1 Å². The Labute approximate surface area is 97.7 Å². The molecule has 0 saturated heterocycles. The van der Waals surface area contributed by atoms with E-state index in [4.69, 9.17) is 10.5 Å². The van der Waals surface area contributed by atoms with Crippen LogP contribution in [0.2, 0.25) is 0 Å². The molecule has 0 aliphatic heterocycles. The molecule has 0 fully saturated rings. The molecule has 7 heteroatoms. The van der Waals surface area contributed by atoms with Crippen LogP contribution < -0.4 is 15.8 Å². The zero-order valence-corrected chi connectivity index (χ0v) is 9.30. The fourth-order valence-corrected chi connectivity index (χ4v) is 1.26. The molecule has 0 saturated carbocycles. The number of nitro benzene ring substituents is 1. The molecule has 0 aliphatic carbocycles. The Morgan fingerprint density at radius 2 is 2.29 bits per heavy atom. The first-order valence-corrected chi connectivity index (χ1v) is 4.91. The largest absolute Gasteiger partial charge is 0.490 e. The van der Waals surface area contributed by atoms with Crippen LogP contribution in [0, 0.1) is 10.1 Å². The lowest BCUT2D eigenvalue weighted by molar-refractivity contribution is -0.385. The van der Waals surface area contributed by atoms with E-state index in [-0.39, 0.29) is 17.0 Å². The molecule has 1 aromatic rings. The summed E-state index contributed by atoms with van der Waals surface area (Å²) in [7, 11) is 1.33. The molecular weight excluding hydrogens is 226 g/mol. The van der Waals surface area contributed by atoms with E-state index in [1.807, 2.05) is 0 Å². The van der Waals surface area contributed by atoms with Crippen molar-refractivity contribution in [3.05, 3.63) is 33.9 Å². The number of nitrogens with one attached hydrogen (secondary N) is 1. The summed E-state index contributed by atoms with van der Waals surface area (Å²) in [5.41, 5.74) is 5.19. The summed E-state index contributed by atoms with van der Waals surface area (Å²) >= 11 is 0. The van der Waals surface area contributed by atoms with Gasteiger partial charge in [0.05, 0.1) is 12.0 Å². The molecular formula is C10H13N3O4. The molecule has 0 bridgehead atoms. The van der Waals surface area contributed by atoms with E-state index in [1.54, 1.807) is 0 Å². The smallest absolute Gasteiger partial charge is 0.311 e. The highest BCUT2D eigenvalue weighted by Gasteiger charge is 2.17. The van der Waals surface area contributed by atoms with Gasteiger partial charge in [-0.1, -0.05) is 0 Å². The summed E-state index contributed by atoms with van der Waals surface area (Å²) in [6.45, 7) is 0.628. The van der Waals surface area contributed by atoms with Gasteiger partial charge in [-0.25, -0.2) is 0 Å². The van der Waals surface area contributed by atoms with Crippen LogP contribution in [0.25, 0.3) is 0 Å². The van der Waals surface area contributed by atoms with Crippen LogP contribution in [-0.2, 0) is 0 Å². The van der Waals surface area contributed by atoms with Gasteiger partial charge in [0, 0.05) is 24.7 Å². The number of nitro groups is 1. The molecule has 0 radical (unpaired) electrons. The lowest BCUT2D eigenvalue weighted by atomic mass is 10.1. The average molecular weight is 239 g/mol. The van der Waals surface area contributed by atoms with Crippen molar-refractivity contribution in [3.8, 4) is 5.75 Å². The number of benzene rings is 1. The molecule has 92 valence electrons. The molecule has 0 aliphatic rings. The van der Waals surface area contributed by atoms with Gasteiger partial charge in [-0.2, -0.15) is 0 Å². The number of nitrogens with zero attached hydrogens (tertiary/aromatic N) is 1. The molecule has 0 atom stereocenters. The number of carbonyl (C=O) groups is 1. The lowest BCUT2D eigenvalue weighted by Crippen LogP contribution is -2.28. The SMILES string of the molecule is COc1ccc(C(=O)NCCN)cc1[N+](=O)[O-]. The molecule has 1 amide bonds. The van der Waals surface area contributed by atoms with Crippen molar-refractivity contribution in [1.82, 2.24) is 5.32 Å². The number of nitrogens with two attached hydrogens (primary N) is 1. The lowest BCUT2D eigenvalue weighted by Gasteiger charge is -2.05. The van der Waals surface area contributed by atoms with Gasteiger partial charge in [-0.3, -0.25) is 14.9 Å². The second-order valence-corrected chi connectivity index (χ2v) is 3.19. The normalized spacial score (nSPS) is 9.76. The summed E-state index contributed by atoms with van der Waals surface area (Å²) in [5, 5.41) is 13.3. The van der Waals surface area contributed by atoms with Crippen LogP contribution in [0.1, 0.15) is 10.4 Å². The number of rotatable bonds is 5. The summed E-state index contributed by atoms with van der Waals surface area (Å²) in [5.74, 6) is -0.286. The molecule has 0 unspecified atom stereocenters. The Balaban J connectivity index is 2.99. The summed E-state index contributed by atoms with van der Waals surface area (Å²) < 4.78 is 4.83. The third-order valence-corrected chi connectivity index (χ3v) is 2.07. The van der Waals surface area contributed by atoms with Crippen molar-refractivity contribution in [2.24, 2.45) is 5.73 Å². The summed E-state index contributed by atoms with van der Waals surface area (Å²) in [6.07, 6.45) is 0. The Morgan fingerprint density at radius 1 is 1.59 bits per heavy atom. The van der Waals surface area contributed by atoms with E-state index in [2.05, 4.69) is 5.32 Å². The number of ether oxygens (including phenoxy) is 1. The fraction of sp³-hybridized carbons (Fsp3) is 0.300. The second kappa shape index (κ2) is 5.80. The zero-order chi connectivity index (χ0) is 12.8. The van der Waals surface area contributed by atoms with Crippen molar-refractivity contribution < 1.29 is 14.5 Å². The molecule has 0 spiro atoms. The first-order chi connectivity index (χ1) is 8.10. The van der Waals surface area contributed by atoms with Gasteiger partial charge in [0.1, 0.15) is 0 Å². The topological polar surface area (TPSA) is 107 Å². The number of methoxy groups -OCH3 is 1. The Kier molecular flexibility index (Phi) is 4.41. The van der Waals surface area contributed by atoms with Gasteiger partial charge in [0.2, 0.25) is 0 Å². The van der Waals surface area contributed by atoms with E-state index in [0.717, 1.165) is 0 Å².